The molecule has 0 saturated carbocycles. The number of aliphatic hydroxyl groups excluding tert-OH is 1. The molecule has 2 atom stereocenters. The molecule has 0 aliphatic rings. The lowest BCUT2D eigenvalue weighted by Crippen LogP contribution is -2.28. The maximum absolute atomic E-state index is 11.0. The van der Waals surface area contributed by atoms with Gasteiger partial charge in [0.15, 0.2) is 0 Å². The quantitative estimate of drug-likeness (QED) is 0.664. The molecule has 0 heterocycles. The predicted molar refractivity (Wildman–Crippen MR) is 52.2 cm³/mol. The molecule has 3 nitrogen and oxygen atoms in total. The van der Waals surface area contributed by atoms with E-state index in [1.165, 1.54) is 0 Å². The van der Waals surface area contributed by atoms with Crippen LogP contribution < -0.4 is 5.32 Å². The number of amides is 1. The molecule has 2 unspecified atom stereocenters. The second-order valence-electron chi connectivity index (χ2n) is 2.88. The van der Waals surface area contributed by atoms with E-state index >= 15 is 0 Å². The molecule has 2 N–H and O–H groups in total. The number of carbonyl (C=O) groups is 1. The highest BCUT2D eigenvalue weighted by Crippen LogP contribution is 2.14. The SMILES string of the molecule is CNC(=O)C(C)SCC(C)CO. The lowest BCUT2D eigenvalue weighted by atomic mass is 10.2. The molecule has 0 aromatic heterocycles. The summed E-state index contributed by atoms with van der Waals surface area (Å²) in [7, 11) is 1.63. The number of carbonyl (C=O) groups excluding carboxylic acids is 1. The van der Waals surface area contributed by atoms with Gasteiger partial charge in [-0.25, -0.2) is 0 Å². The summed E-state index contributed by atoms with van der Waals surface area (Å²) in [6.45, 7) is 4.02. The Morgan fingerprint density at radius 1 is 1.58 bits per heavy atom. The maximum atomic E-state index is 11.0. The summed E-state index contributed by atoms with van der Waals surface area (Å²) < 4.78 is 0. The number of hydrogen-bond acceptors (Lipinski definition) is 3. The molecular formula is C8H17NO2S. The fourth-order valence-electron chi connectivity index (χ4n) is 0.640. The number of rotatable bonds is 5. The van der Waals surface area contributed by atoms with Crippen molar-refractivity contribution < 1.29 is 9.90 Å². The van der Waals surface area contributed by atoms with Gasteiger partial charge in [-0.15, -0.1) is 11.8 Å². The van der Waals surface area contributed by atoms with Crippen molar-refractivity contribution in [1.29, 1.82) is 0 Å². The van der Waals surface area contributed by atoms with Crippen LogP contribution in [0.15, 0.2) is 0 Å². The third kappa shape index (κ3) is 4.62. The Labute approximate surface area is 77.9 Å². The molecule has 0 aromatic rings. The smallest absolute Gasteiger partial charge is 0.232 e. The molecule has 12 heavy (non-hydrogen) atoms. The monoisotopic (exact) mass is 191 g/mol. The first kappa shape index (κ1) is 11.8. The van der Waals surface area contributed by atoms with Gasteiger partial charge in [-0.3, -0.25) is 4.79 Å². The molecule has 1 amide bonds. The van der Waals surface area contributed by atoms with Crippen molar-refractivity contribution in [2.24, 2.45) is 5.92 Å². The van der Waals surface area contributed by atoms with E-state index in [0.29, 0.717) is 0 Å². The molecule has 0 bridgehead atoms. The summed E-state index contributed by atoms with van der Waals surface area (Å²) in [5.74, 6) is 1.14. The minimum absolute atomic E-state index is 0.0241. The van der Waals surface area contributed by atoms with Crippen molar-refractivity contribution in [3.63, 3.8) is 0 Å². The number of thioether (sulfide) groups is 1. The average molecular weight is 191 g/mol. The first-order chi connectivity index (χ1) is 5.61. The van der Waals surface area contributed by atoms with Crippen LogP contribution >= 0.6 is 11.8 Å². The highest BCUT2D eigenvalue weighted by atomic mass is 32.2. The van der Waals surface area contributed by atoms with Crippen molar-refractivity contribution in [2.45, 2.75) is 19.1 Å². The van der Waals surface area contributed by atoms with E-state index in [-0.39, 0.29) is 23.7 Å². The van der Waals surface area contributed by atoms with Crippen LogP contribution in [-0.4, -0.2) is 35.7 Å². The molecule has 0 aliphatic carbocycles. The summed E-state index contributed by atoms with van der Waals surface area (Å²) in [5, 5.41) is 11.3. The first-order valence-electron chi connectivity index (χ1n) is 4.05. The lowest BCUT2D eigenvalue weighted by Gasteiger charge is -2.11. The molecule has 0 saturated heterocycles. The highest BCUT2D eigenvalue weighted by Gasteiger charge is 2.12. The number of aliphatic hydroxyl groups is 1. The van der Waals surface area contributed by atoms with Gasteiger partial charge in [0.05, 0.1) is 5.25 Å². The predicted octanol–water partition coefficient (Wildman–Crippen LogP) is 0.482. The standard InChI is InChI=1S/C8H17NO2S/c1-6(4-10)5-12-7(2)8(11)9-3/h6-7,10H,4-5H2,1-3H3,(H,9,11). The Bertz CT molecular complexity index is 141. The van der Waals surface area contributed by atoms with E-state index in [1.54, 1.807) is 18.8 Å². The van der Waals surface area contributed by atoms with E-state index in [0.717, 1.165) is 5.75 Å². The molecule has 0 aromatic carbocycles. The summed E-state index contributed by atoms with van der Waals surface area (Å²) in [5.41, 5.74) is 0. The minimum Gasteiger partial charge on any atom is -0.396 e. The lowest BCUT2D eigenvalue weighted by molar-refractivity contribution is -0.119. The van der Waals surface area contributed by atoms with Crippen molar-refractivity contribution in [2.75, 3.05) is 19.4 Å². The molecular weight excluding hydrogens is 174 g/mol. The Hall–Kier alpha value is -0.220. The van der Waals surface area contributed by atoms with E-state index in [2.05, 4.69) is 5.32 Å². The first-order valence-corrected chi connectivity index (χ1v) is 5.10. The van der Waals surface area contributed by atoms with Crippen LogP contribution in [0.1, 0.15) is 13.8 Å². The van der Waals surface area contributed by atoms with Crippen LogP contribution in [0.4, 0.5) is 0 Å². The van der Waals surface area contributed by atoms with Gasteiger partial charge < -0.3 is 10.4 Å². The molecule has 0 fully saturated rings. The maximum Gasteiger partial charge on any atom is 0.232 e. The molecule has 0 spiro atoms. The Morgan fingerprint density at radius 3 is 2.58 bits per heavy atom. The molecule has 0 aliphatic heterocycles. The third-order valence-electron chi connectivity index (χ3n) is 1.56. The number of hydrogen-bond donors (Lipinski definition) is 2. The Morgan fingerprint density at radius 2 is 2.17 bits per heavy atom. The van der Waals surface area contributed by atoms with Gasteiger partial charge in [0.2, 0.25) is 5.91 Å². The second kappa shape index (κ2) is 6.31. The van der Waals surface area contributed by atoms with Crippen LogP contribution in [0.25, 0.3) is 0 Å². The van der Waals surface area contributed by atoms with Gasteiger partial charge in [0.25, 0.3) is 0 Å². The summed E-state index contributed by atoms with van der Waals surface area (Å²) in [6, 6.07) is 0. The van der Waals surface area contributed by atoms with Crippen LogP contribution in [0.2, 0.25) is 0 Å². The van der Waals surface area contributed by atoms with Crippen LogP contribution in [0, 0.1) is 5.92 Å². The summed E-state index contributed by atoms with van der Waals surface area (Å²) >= 11 is 1.57. The molecule has 72 valence electrons. The van der Waals surface area contributed by atoms with E-state index in [1.807, 2.05) is 13.8 Å². The van der Waals surface area contributed by atoms with Crippen LogP contribution in [0.3, 0.4) is 0 Å². The third-order valence-corrected chi connectivity index (χ3v) is 3.03. The van der Waals surface area contributed by atoms with Gasteiger partial charge in [0, 0.05) is 13.7 Å². The zero-order chi connectivity index (χ0) is 9.56. The highest BCUT2D eigenvalue weighted by molar-refractivity contribution is 8.00. The van der Waals surface area contributed by atoms with Crippen LogP contribution in [-0.2, 0) is 4.79 Å². The van der Waals surface area contributed by atoms with Crippen molar-refractivity contribution in [1.82, 2.24) is 5.32 Å². The topological polar surface area (TPSA) is 49.3 Å². The number of nitrogens with one attached hydrogen (secondary N) is 1. The van der Waals surface area contributed by atoms with E-state index in [9.17, 15) is 4.79 Å². The van der Waals surface area contributed by atoms with Crippen LogP contribution in [0.5, 0.6) is 0 Å². The van der Waals surface area contributed by atoms with Crippen molar-refractivity contribution in [3.8, 4) is 0 Å². The van der Waals surface area contributed by atoms with Gasteiger partial charge in [-0.05, 0) is 18.6 Å². The minimum atomic E-state index is -0.0241. The zero-order valence-corrected chi connectivity index (χ0v) is 8.65. The summed E-state index contributed by atoms with van der Waals surface area (Å²) in [6.07, 6.45) is 0. The fourth-order valence-corrected chi connectivity index (χ4v) is 1.63. The normalized spacial score (nSPS) is 15.3. The molecule has 0 radical (unpaired) electrons. The van der Waals surface area contributed by atoms with Gasteiger partial charge in [-0.1, -0.05) is 6.92 Å². The molecule has 4 heteroatoms. The van der Waals surface area contributed by atoms with E-state index in [4.69, 9.17) is 5.11 Å². The van der Waals surface area contributed by atoms with E-state index < -0.39 is 0 Å². The van der Waals surface area contributed by atoms with Gasteiger partial charge >= 0.3 is 0 Å². The van der Waals surface area contributed by atoms with Gasteiger partial charge in [-0.2, -0.15) is 0 Å². The molecule has 0 rings (SSSR count). The van der Waals surface area contributed by atoms with Gasteiger partial charge in [0.1, 0.15) is 0 Å². The Kier molecular flexibility index (Phi) is 6.20. The Balaban J connectivity index is 3.56. The van der Waals surface area contributed by atoms with Crippen molar-refractivity contribution >= 4 is 17.7 Å². The van der Waals surface area contributed by atoms with Crippen molar-refractivity contribution in [3.05, 3.63) is 0 Å². The largest absolute Gasteiger partial charge is 0.396 e. The average Bonchev–Trinajstić information content (AvgIpc) is 2.11. The second-order valence-corrected chi connectivity index (χ2v) is 4.25. The zero-order valence-electron chi connectivity index (χ0n) is 7.83. The summed E-state index contributed by atoms with van der Waals surface area (Å²) in [4.78, 5) is 11.0. The fraction of sp³-hybridized carbons (Fsp3) is 0.875.